The third kappa shape index (κ3) is 4.31. The van der Waals surface area contributed by atoms with Crippen molar-refractivity contribution in [1.29, 1.82) is 0 Å². The molecule has 2 aliphatic rings. The zero-order valence-corrected chi connectivity index (χ0v) is 16.9. The Labute approximate surface area is 168 Å². The number of aromatic nitrogens is 1. The standard InChI is InChI=1S/C18H22ClN3O2S.ClH/c19-14-4-5-15-16(12-14)25-18(20-15)22(17(23)13-2-1-3-13)7-6-21-8-10-24-11-9-21;/h4-5,12-13H,1-3,6-11H2;1H. The number of morpholine rings is 1. The lowest BCUT2D eigenvalue weighted by molar-refractivity contribution is -0.124. The minimum atomic E-state index is 0. The molecule has 1 amide bonds. The molecule has 2 fully saturated rings. The molecule has 142 valence electrons. The molecule has 0 bridgehead atoms. The fraction of sp³-hybridized carbons (Fsp3) is 0.556. The predicted octanol–water partition coefficient (Wildman–Crippen LogP) is 3.84. The number of rotatable bonds is 5. The maximum atomic E-state index is 13.0. The molecule has 8 heteroatoms. The molecule has 1 aliphatic heterocycles. The molecule has 0 spiro atoms. The van der Waals surface area contributed by atoms with Gasteiger partial charge in [-0.2, -0.15) is 0 Å². The first-order chi connectivity index (χ1) is 12.2. The number of anilines is 1. The van der Waals surface area contributed by atoms with E-state index in [9.17, 15) is 4.79 Å². The van der Waals surface area contributed by atoms with E-state index < -0.39 is 0 Å². The Morgan fingerprint density at radius 3 is 2.81 bits per heavy atom. The van der Waals surface area contributed by atoms with Crippen LogP contribution in [-0.2, 0) is 9.53 Å². The zero-order chi connectivity index (χ0) is 17.2. The normalized spacial score (nSPS) is 18.3. The molecule has 26 heavy (non-hydrogen) atoms. The minimum absolute atomic E-state index is 0. The lowest BCUT2D eigenvalue weighted by Gasteiger charge is -2.33. The molecule has 2 aromatic rings. The summed E-state index contributed by atoms with van der Waals surface area (Å²) in [4.78, 5) is 21.9. The average Bonchev–Trinajstić information content (AvgIpc) is 2.97. The maximum Gasteiger partial charge on any atom is 0.231 e. The number of ether oxygens (including phenoxy) is 1. The van der Waals surface area contributed by atoms with Gasteiger partial charge in [-0.05, 0) is 31.0 Å². The molecular formula is C18H23Cl2N3O2S. The van der Waals surface area contributed by atoms with Crippen molar-refractivity contribution in [3.8, 4) is 0 Å². The van der Waals surface area contributed by atoms with Gasteiger partial charge in [0, 0.05) is 37.1 Å². The van der Waals surface area contributed by atoms with Crippen LogP contribution in [0.25, 0.3) is 10.2 Å². The number of amides is 1. The van der Waals surface area contributed by atoms with Gasteiger partial charge in [-0.15, -0.1) is 12.4 Å². The van der Waals surface area contributed by atoms with Gasteiger partial charge in [-0.3, -0.25) is 14.6 Å². The summed E-state index contributed by atoms with van der Waals surface area (Å²) in [6.07, 6.45) is 3.16. The number of fused-ring (bicyclic) bond motifs is 1. The highest BCUT2D eigenvalue weighted by atomic mass is 35.5. The molecule has 1 saturated carbocycles. The number of nitrogens with zero attached hydrogens (tertiary/aromatic N) is 3. The number of benzene rings is 1. The van der Waals surface area contributed by atoms with Crippen molar-refractivity contribution < 1.29 is 9.53 Å². The van der Waals surface area contributed by atoms with E-state index in [0.29, 0.717) is 11.6 Å². The predicted molar refractivity (Wildman–Crippen MR) is 109 cm³/mol. The smallest absolute Gasteiger partial charge is 0.231 e. The van der Waals surface area contributed by atoms with Gasteiger partial charge in [0.05, 0.1) is 23.4 Å². The Kier molecular flexibility index (Phi) is 6.75. The van der Waals surface area contributed by atoms with E-state index in [1.54, 1.807) is 11.3 Å². The topological polar surface area (TPSA) is 45.7 Å². The molecule has 0 unspecified atom stereocenters. The van der Waals surface area contributed by atoms with Gasteiger partial charge >= 0.3 is 0 Å². The molecule has 1 saturated heterocycles. The average molecular weight is 416 g/mol. The molecule has 2 heterocycles. The van der Waals surface area contributed by atoms with Gasteiger partial charge < -0.3 is 4.74 Å². The summed E-state index contributed by atoms with van der Waals surface area (Å²) in [5, 5.41) is 1.50. The van der Waals surface area contributed by atoms with Crippen LogP contribution in [0.15, 0.2) is 18.2 Å². The fourth-order valence-electron chi connectivity index (χ4n) is 3.24. The molecule has 5 nitrogen and oxygen atoms in total. The first kappa shape index (κ1) is 19.8. The SMILES string of the molecule is Cl.O=C(C1CCC1)N(CCN1CCOCC1)c1nc2ccc(Cl)cc2s1. The first-order valence-electron chi connectivity index (χ1n) is 8.88. The van der Waals surface area contributed by atoms with Crippen molar-refractivity contribution >= 4 is 56.6 Å². The summed E-state index contributed by atoms with van der Waals surface area (Å²) in [5.74, 6) is 0.393. The monoisotopic (exact) mass is 415 g/mol. The molecule has 0 atom stereocenters. The van der Waals surface area contributed by atoms with Crippen molar-refractivity contribution in [3.63, 3.8) is 0 Å². The molecule has 0 N–H and O–H groups in total. The van der Waals surface area contributed by atoms with Gasteiger partial charge in [-0.1, -0.05) is 29.4 Å². The number of carbonyl (C=O) groups is 1. The fourth-order valence-corrected chi connectivity index (χ4v) is 4.52. The van der Waals surface area contributed by atoms with Gasteiger partial charge in [0.2, 0.25) is 5.91 Å². The van der Waals surface area contributed by atoms with Gasteiger partial charge in [0.15, 0.2) is 5.13 Å². The summed E-state index contributed by atoms with van der Waals surface area (Å²) in [5.41, 5.74) is 0.905. The van der Waals surface area contributed by atoms with E-state index in [-0.39, 0.29) is 24.2 Å². The number of hydrogen-bond donors (Lipinski definition) is 0. The lowest BCUT2D eigenvalue weighted by Crippen LogP contribution is -2.45. The van der Waals surface area contributed by atoms with Crippen LogP contribution < -0.4 is 4.90 Å². The quantitative estimate of drug-likeness (QED) is 0.743. The molecule has 4 rings (SSSR count). The van der Waals surface area contributed by atoms with E-state index in [1.165, 1.54) is 0 Å². The van der Waals surface area contributed by atoms with Crippen LogP contribution in [-0.4, -0.2) is 55.2 Å². The summed E-state index contributed by atoms with van der Waals surface area (Å²) >= 11 is 7.65. The van der Waals surface area contributed by atoms with Crippen molar-refractivity contribution in [2.24, 2.45) is 5.92 Å². The Hall–Kier alpha value is -0.920. The Bertz CT molecular complexity index is 760. The number of halogens is 2. The Morgan fingerprint density at radius 1 is 1.35 bits per heavy atom. The maximum absolute atomic E-state index is 13.0. The van der Waals surface area contributed by atoms with E-state index in [0.717, 1.165) is 67.5 Å². The first-order valence-corrected chi connectivity index (χ1v) is 10.1. The molecule has 1 aromatic heterocycles. The Morgan fingerprint density at radius 2 is 2.12 bits per heavy atom. The van der Waals surface area contributed by atoms with Crippen LogP contribution in [0.5, 0.6) is 0 Å². The summed E-state index contributed by atoms with van der Waals surface area (Å²) in [7, 11) is 0. The highest BCUT2D eigenvalue weighted by Gasteiger charge is 2.31. The van der Waals surface area contributed by atoms with Crippen molar-refractivity contribution in [2.75, 3.05) is 44.3 Å². The van der Waals surface area contributed by atoms with Crippen LogP contribution >= 0.6 is 35.3 Å². The van der Waals surface area contributed by atoms with Crippen LogP contribution in [0.1, 0.15) is 19.3 Å². The second kappa shape index (κ2) is 8.85. The largest absolute Gasteiger partial charge is 0.379 e. The van der Waals surface area contributed by atoms with Crippen LogP contribution in [0.2, 0.25) is 5.02 Å². The number of thiazole rings is 1. The Balaban J connectivity index is 0.00000196. The summed E-state index contributed by atoms with van der Waals surface area (Å²) < 4.78 is 6.44. The summed E-state index contributed by atoms with van der Waals surface area (Å²) in [6.45, 7) is 4.95. The highest BCUT2D eigenvalue weighted by Crippen LogP contribution is 2.34. The van der Waals surface area contributed by atoms with Crippen LogP contribution in [0.3, 0.4) is 0 Å². The van der Waals surface area contributed by atoms with E-state index in [4.69, 9.17) is 21.3 Å². The second-order valence-corrected chi connectivity index (χ2v) is 8.13. The third-order valence-corrected chi connectivity index (χ3v) is 6.31. The second-order valence-electron chi connectivity index (χ2n) is 6.68. The van der Waals surface area contributed by atoms with Crippen LogP contribution in [0, 0.1) is 5.92 Å². The van der Waals surface area contributed by atoms with Crippen molar-refractivity contribution in [1.82, 2.24) is 9.88 Å². The highest BCUT2D eigenvalue weighted by molar-refractivity contribution is 7.22. The van der Waals surface area contributed by atoms with Crippen molar-refractivity contribution in [3.05, 3.63) is 23.2 Å². The molecule has 1 aliphatic carbocycles. The van der Waals surface area contributed by atoms with E-state index >= 15 is 0 Å². The van der Waals surface area contributed by atoms with E-state index in [2.05, 4.69) is 4.90 Å². The molecular weight excluding hydrogens is 393 g/mol. The number of hydrogen-bond acceptors (Lipinski definition) is 5. The molecule has 0 radical (unpaired) electrons. The number of carbonyl (C=O) groups excluding carboxylic acids is 1. The zero-order valence-electron chi connectivity index (χ0n) is 14.5. The third-order valence-electron chi connectivity index (χ3n) is 5.03. The van der Waals surface area contributed by atoms with Crippen molar-refractivity contribution in [2.45, 2.75) is 19.3 Å². The van der Waals surface area contributed by atoms with Gasteiger partial charge in [-0.25, -0.2) is 4.98 Å². The van der Waals surface area contributed by atoms with Crippen LogP contribution in [0.4, 0.5) is 5.13 Å². The van der Waals surface area contributed by atoms with Gasteiger partial charge in [0.1, 0.15) is 0 Å². The summed E-state index contributed by atoms with van der Waals surface area (Å²) in [6, 6.07) is 5.69. The van der Waals surface area contributed by atoms with E-state index in [1.807, 2.05) is 23.1 Å². The minimum Gasteiger partial charge on any atom is -0.379 e. The van der Waals surface area contributed by atoms with Gasteiger partial charge in [0.25, 0.3) is 0 Å². The molecule has 1 aromatic carbocycles. The lowest BCUT2D eigenvalue weighted by atomic mass is 9.84.